The molecule has 0 bridgehead atoms. The van der Waals surface area contributed by atoms with Crippen LogP contribution < -0.4 is 14.5 Å². The number of rotatable bonds is 4. The number of aryl methyl sites for hydroxylation is 1. The summed E-state index contributed by atoms with van der Waals surface area (Å²) in [6.45, 7) is 6.50. The van der Waals surface area contributed by atoms with E-state index in [1.54, 1.807) is 18.0 Å². The molecule has 1 fully saturated rings. The van der Waals surface area contributed by atoms with E-state index in [4.69, 9.17) is 4.74 Å². The zero-order valence-corrected chi connectivity index (χ0v) is 19.7. The minimum absolute atomic E-state index is 0. The predicted molar refractivity (Wildman–Crippen MR) is 131 cm³/mol. The van der Waals surface area contributed by atoms with Gasteiger partial charge in [-0.3, -0.25) is 14.7 Å². The van der Waals surface area contributed by atoms with Crippen molar-refractivity contribution >= 4 is 40.6 Å². The first kappa shape index (κ1) is 23.3. The van der Waals surface area contributed by atoms with Crippen LogP contribution in [0.1, 0.15) is 11.3 Å². The molecule has 0 unspecified atom stereocenters. The second-order valence-corrected chi connectivity index (χ2v) is 8.57. The van der Waals surface area contributed by atoms with E-state index in [-0.39, 0.29) is 30.7 Å². The number of amides is 1. The van der Waals surface area contributed by atoms with E-state index in [0.717, 1.165) is 67.3 Å². The van der Waals surface area contributed by atoms with E-state index >= 15 is 0 Å². The molecule has 6 nitrogen and oxygen atoms in total. The van der Waals surface area contributed by atoms with Gasteiger partial charge in [-0.05, 0) is 49.2 Å². The Bertz CT molecular complexity index is 1180. The molecular formula is C25H28ClFN4O2. The number of benzene rings is 2. The number of ether oxygens (including phenoxy) is 1. The summed E-state index contributed by atoms with van der Waals surface area (Å²) < 4.78 is 19.7. The summed E-state index contributed by atoms with van der Waals surface area (Å²) >= 11 is 0. The molecule has 0 saturated carbocycles. The van der Waals surface area contributed by atoms with Gasteiger partial charge in [-0.25, -0.2) is 4.39 Å². The highest BCUT2D eigenvalue weighted by Gasteiger charge is 2.23. The standard InChI is InChI=1S/C25H27FN4O2.ClH/c1-17-3-5-20-21(27-17)14-19(26)15-22(20)30-11-9-29(10-12-30)8-7-18-4-6-24-23(13-18)28(2)25(31)16-32-24;/h3-6,13-15H,7-12,16H2,1-2H3;1H. The first-order chi connectivity index (χ1) is 15.5. The van der Waals surface area contributed by atoms with Crippen LogP contribution in [0.3, 0.4) is 0 Å². The van der Waals surface area contributed by atoms with Crippen molar-refractivity contribution in [3.05, 3.63) is 59.5 Å². The number of hydrogen-bond donors (Lipinski definition) is 0. The molecule has 174 valence electrons. The van der Waals surface area contributed by atoms with Gasteiger partial charge >= 0.3 is 0 Å². The SMILES string of the molecule is Cc1ccc2c(N3CCN(CCc4ccc5c(c4)N(C)C(=O)CO5)CC3)cc(F)cc2n1.Cl. The highest BCUT2D eigenvalue weighted by molar-refractivity contribution is 5.97. The molecule has 1 saturated heterocycles. The maximum Gasteiger partial charge on any atom is 0.264 e. The van der Waals surface area contributed by atoms with Gasteiger partial charge in [0.25, 0.3) is 5.91 Å². The van der Waals surface area contributed by atoms with Crippen LogP contribution in [-0.4, -0.2) is 62.2 Å². The maximum atomic E-state index is 14.2. The summed E-state index contributed by atoms with van der Waals surface area (Å²) in [5.74, 6) is 0.491. The van der Waals surface area contributed by atoms with Gasteiger partial charge in [0.05, 0.1) is 11.2 Å². The Kier molecular flexibility index (Phi) is 6.72. The fraction of sp³-hybridized carbons (Fsp3) is 0.360. The molecule has 1 aromatic heterocycles. The van der Waals surface area contributed by atoms with Crippen molar-refractivity contribution in [1.29, 1.82) is 0 Å². The lowest BCUT2D eigenvalue weighted by atomic mass is 10.1. The van der Waals surface area contributed by atoms with E-state index in [0.29, 0.717) is 5.52 Å². The normalized spacial score (nSPS) is 16.4. The zero-order valence-electron chi connectivity index (χ0n) is 18.9. The summed E-state index contributed by atoms with van der Waals surface area (Å²) in [7, 11) is 1.79. The van der Waals surface area contributed by atoms with Gasteiger partial charge in [-0.1, -0.05) is 6.07 Å². The van der Waals surface area contributed by atoms with Gasteiger partial charge in [-0.15, -0.1) is 12.4 Å². The van der Waals surface area contributed by atoms with Crippen LogP contribution in [0.2, 0.25) is 0 Å². The number of likely N-dealkylation sites (N-methyl/N-ethyl adjacent to an activating group) is 1. The van der Waals surface area contributed by atoms with Crippen molar-refractivity contribution in [2.45, 2.75) is 13.3 Å². The average Bonchev–Trinajstić information content (AvgIpc) is 2.80. The fourth-order valence-corrected chi connectivity index (χ4v) is 4.52. The smallest absolute Gasteiger partial charge is 0.264 e. The van der Waals surface area contributed by atoms with Crippen LogP contribution in [0.5, 0.6) is 5.75 Å². The lowest BCUT2D eigenvalue weighted by Gasteiger charge is -2.36. The number of anilines is 2. The maximum absolute atomic E-state index is 14.2. The molecule has 33 heavy (non-hydrogen) atoms. The minimum Gasteiger partial charge on any atom is -0.482 e. The van der Waals surface area contributed by atoms with Crippen molar-refractivity contribution in [2.24, 2.45) is 0 Å². The molecule has 0 N–H and O–H groups in total. The Hall–Kier alpha value is -2.90. The van der Waals surface area contributed by atoms with Crippen molar-refractivity contribution < 1.29 is 13.9 Å². The predicted octanol–water partition coefficient (Wildman–Crippen LogP) is 3.82. The van der Waals surface area contributed by atoms with Crippen molar-refractivity contribution in [1.82, 2.24) is 9.88 Å². The molecule has 2 aromatic carbocycles. The number of halogens is 2. The Morgan fingerprint density at radius 3 is 2.61 bits per heavy atom. The Morgan fingerprint density at radius 1 is 1.03 bits per heavy atom. The van der Waals surface area contributed by atoms with Crippen LogP contribution >= 0.6 is 12.4 Å². The third-order valence-electron chi connectivity index (χ3n) is 6.43. The highest BCUT2D eigenvalue weighted by atomic mass is 35.5. The number of aromatic nitrogens is 1. The number of carbonyl (C=O) groups is 1. The van der Waals surface area contributed by atoms with Crippen LogP contribution in [0.15, 0.2) is 42.5 Å². The first-order valence-electron chi connectivity index (χ1n) is 11.0. The first-order valence-corrected chi connectivity index (χ1v) is 11.0. The topological polar surface area (TPSA) is 48.9 Å². The van der Waals surface area contributed by atoms with Crippen LogP contribution in [0.25, 0.3) is 10.9 Å². The Labute approximate surface area is 199 Å². The third kappa shape index (κ3) is 4.75. The number of fused-ring (bicyclic) bond motifs is 2. The molecule has 0 radical (unpaired) electrons. The lowest BCUT2D eigenvalue weighted by molar-refractivity contribution is -0.120. The molecule has 1 amide bonds. The van der Waals surface area contributed by atoms with E-state index in [2.05, 4.69) is 26.9 Å². The number of hydrogen-bond acceptors (Lipinski definition) is 5. The zero-order chi connectivity index (χ0) is 22.2. The number of nitrogens with zero attached hydrogens (tertiary/aromatic N) is 4. The number of carbonyl (C=O) groups excluding carboxylic acids is 1. The van der Waals surface area contributed by atoms with Gasteiger partial charge in [0.1, 0.15) is 11.6 Å². The molecule has 0 spiro atoms. The Morgan fingerprint density at radius 2 is 1.82 bits per heavy atom. The summed E-state index contributed by atoms with van der Waals surface area (Å²) in [6.07, 6.45) is 0.904. The second kappa shape index (κ2) is 9.53. The van der Waals surface area contributed by atoms with E-state index in [1.807, 2.05) is 25.1 Å². The molecule has 8 heteroatoms. The van der Waals surface area contributed by atoms with Gasteiger partial charge < -0.3 is 14.5 Å². The summed E-state index contributed by atoms with van der Waals surface area (Å²) in [4.78, 5) is 22.8. The second-order valence-electron chi connectivity index (χ2n) is 8.57. The average molecular weight is 471 g/mol. The lowest BCUT2D eigenvalue weighted by Crippen LogP contribution is -2.47. The monoisotopic (exact) mass is 470 g/mol. The van der Waals surface area contributed by atoms with Crippen LogP contribution in [0.4, 0.5) is 15.8 Å². The summed E-state index contributed by atoms with van der Waals surface area (Å²) in [5.41, 5.74) is 4.55. The minimum atomic E-state index is -0.243. The van der Waals surface area contributed by atoms with Gasteiger partial charge in [0.2, 0.25) is 0 Å². The quantitative estimate of drug-likeness (QED) is 0.580. The Balaban J connectivity index is 0.00000259. The van der Waals surface area contributed by atoms with Crippen molar-refractivity contribution in [3.63, 3.8) is 0 Å². The fourth-order valence-electron chi connectivity index (χ4n) is 4.52. The largest absolute Gasteiger partial charge is 0.482 e. The van der Waals surface area contributed by atoms with Gasteiger partial charge in [-0.2, -0.15) is 0 Å². The van der Waals surface area contributed by atoms with Crippen LogP contribution in [0, 0.1) is 12.7 Å². The molecule has 3 heterocycles. The van der Waals surface area contributed by atoms with E-state index in [1.165, 1.54) is 11.6 Å². The molecule has 2 aliphatic heterocycles. The van der Waals surface area contributed by atoms with Crippen molar-refractivity contribution in [2.75, 3.05) is 56.2 Å². The molecule has 2 aliphatic rings. The molecular weight excluding hydrogens is 443 g/mol. The van der Waals surface area contributed by atoms with Crippen LogP contribution in [-0.2, 0) is 11.2 Å². The molecule has 0 atom stereocenters. The number of piperazine rings is 1. The third-order valence-corrected chi connectivity index (χ3v) is 6.43. The van der Waals surface area contributed by atoms with Gasteiger partial charge in [0.15, 0.2) is 6.61 Å². The van der Waals surface area contributed by atoms with E-state index < -0.39 is 0 Å². The van der Waals surface area contributed by atoms with E-state index in [9.17, 15) is 9.18 Å². The molecule has 5 rings (SSSR count). The highest BCUT2D eigenvalue weighted by Crippen LogP contribution is 2.32. The summed E-state index contributed by atoms with van der Waals surface area (Å²) in [5, 5.41) is 1.00. The summed E-state index contributed by atoms with van der Waals surface area (Å²) in [6, 6.07) is 13.2. The van der Waals surface area contributed by atoms with Crippen molar-refractivity contribution in [3.8, 4) is 5.75 Å². The number of pyridine rings is 1. The molecule has 3 aromatic rings. The molecule has 0 aliphatic carbocycles. The van der Waals surface area contributed by atoms with Gasteiger partial charge in [0, 0.05) is 62.6 Å².